The van der Waals surface area contributed by atoms with Crippen LogP contribution < -0.4 is 10.6 Å². The topological polar surface area (TPSA) is 49.8 Å². The molecule has 0 saturated heterocycles. The van der Waals surface area contributed by atoms with E-state index in [1.165, 1.54) is 32.1 Å². The van der Waals surface area contributed by atoms with Gasteiger partial charge in [-0.05, 0) is 19.8 Å². The van der Waals surface area contributed by atoms with Crippen molar-refractivity contribution in [1.82, 2.24) is 9.97 Å². The Kier molecular flexibility index (Phi) is 8.09. The SMILES string of the molecule is CCCCC(CCC)Nc1cc(NCC)nc(C(C)C)n1. The molecule has 0 amide bonds. The highest BCUT2D eigenvalue weighted by Crippen LogP contribution is 2.19. The zero-order valence-electron chi connectivity index (χ0n) is 14.4. The van der Waals surface area contributed by atoms with Crippen molar-refractivity contribution in [3.8, 4) is 0 Å². The summed E-state index contributed by atoms with van der Waals surface area (Å²) in [6.07, 6.45) is 6.11. The summed E-state index contributed by atoms with van der Waals surface area (Å²) in [4.78, 5) is 9.26. The molecular weight excluding hydrogens is 260 g/mol. The van der Waals surface area contributed by atoms with Crippen LogP contribution in [0, 0.1) is 0 Å². The molecule has 1 aromatic heterocycles. The van der Waals surface area contributed by atoms with Gasteiger partial charge in [-0.3, -0.25) is 0 Å². The third-order valence-electron chi connectivity index (χ3n) is 3.51. The number of anilines is 2. The van der Waals surface area contributed by atoms with E-state index in [4.69, 9.17) is 0 Å². The third kappa shape index (κ3) is 6.32. The molecule has 4 nitrogen and oxygen atoms in total. The third-order valence-corrected chi connectivity index (χ3v) is 3.51. The second-order valence-electron chi connectivity index (χ2n) is 5.95. The van der Waals surface area contributed by atoms with Gasteiger partial charge in [0.15, 0.2) is 0 Å². The molecule has 4 heteroatoms. The molecule has 1 unspecified atom stereocenters. The van der Waals surface area contributed by atoms with Crippen LogP contribution in [-0.2, 0) is 0 Å². The highest BCUT2D eigenvalue weighted by molar-refractivity contribution is 5.48. The summed E-state index contributed by atoms with van der Waals surface area (Å²) in [7, 11) is 0. The van der Waals surface area contributed by atoms with Gasteiger partial charge < -0.3 is 10.6 Å². The summed E-state index contributed by atoms with van der Waals surface area (Å²) in [5.74, 6) is 3.12. The molecule has 0 aliphatic carbocycles. The molecule has 1 heterocycles. The lowest BCUT2D eigenvalue weighted by atomic mass is 10.1. The monoisotopic (exact) mass is 292 g/mol. The van der Waals surface area contributed by atoms with Crippen LogP contribution in [-0.4, -0.2) is 22.6 Å². The van der Waals surface area contributed by atoms with E-state index in [9.17, 15) is 0 Å². The number of hydrogen-bond donors (Lipinski definition) is 2. The van der Waals surface area contributed by atoms with E-state index in [0.717, 1.165) is 24.0 Å². The zero-order valence-corrected chi connectivity index (χ0v) is 14.4. The molecule has 0 fully saturated rings. The van der Waals surface area contributed by atoms with E-state index in [-0.39, 0.29) is 0 Å². The molecule has 0 aliphatic rings. The molecule has 1 rings (SSSR count). The Morgan fingerprint density at radius 3 is 2.29 bits per heavy atom. The highest BCUT2D eigenvalue weighted by Gasteiger charge is 2.12. The lowest BCUT2D eigenvalue weighted by Gasteiger charge is -2.20. The van der Waals surface area contributed by atoms with Crippen molar-refractivity contribution < 1.29 is 0 Å². The average Bonchev–Trinajstić information content (AvgIpc) is 2.45. The van der Waals surface area contributed by atoms with Crippen LogP contribution in [0.5, 0.6) is 0 Å². The van der Waals surface area contributed by atoms with Gasteiger partial charge in [0.2, 0.25) is 0 Å². The van der Waals surface area contributed by atoms with E-state index in [1.807, 2.05) is 6.07 Å². The Hall–Kier alpha value is -1.32. The van der Waals surface area contributed by atoms with Crippen molar-refractivity contribution >= 4 is 11.6 Å². The maximum absolute atomic E-state index is 4.68. The first-order valence-electron chi connectivity index (χ1n) is 8.50. The summed E-state index contributed by atoms with van der Waals surface area (Å²) in [6.45, 7) is 11.7. The molecule has 0 aliphatic heterocycles. The molecule has 0 bridgehead atoms. The van der Waals surface area contributed by atoms with Gasteiger partial charge in [0, 0.05) is 24.6 Å². The minimum absolute atomic E-state index is 0.337. The fourth-order valence-electron chi connectivity index (χ4n) is 2.37. The van der Waals surface area contributed by atoms with Gasteiger partial charge >= 0.3 is 0 Å². The molecule has 0 radical (unpaired) electrons. The summed E-state index contributed by atoms with van der Waals surface area (Å²) in [5.41, 5.74) is 0. The van der Waals surface area contributed by atoms with Crippen LogP contribution in [0.25, 0.3) is 0 Å². The highest BCUT2D eigenvalue weighted by atomic mass is 15.1. The van der Waals surface area contributed by atoms with Crippen molar-refractivity contribution in [3.63, 3.8) is 0 Å². The fraction of sp³-hybridized carbons (Fsp3) is 0.765. The van der Waals surface area contributed by atoms with Crippen LogP contribution in [0.2, 0.25) is 0 Å². The quantitative estimate of drug-likeness (QED) is 0.650. The van der Waals surface area contributed by atoms with Crippen LogP contribution >= 0.6 is 0 Å². The Labute approximate surface area is 130 Å². The summed E-state index contributed by atoms with van der Waals surface area (Å²) in [5, 5.41) is 6.92. The normalized spacial score (nSPS) is 12.5. The zero-order chi connectivity index (χ0) is 15.7. The first kappa shape index (κ1) is 17.7. The largest absolute Gasteiger partial charge is 0.370 e. The van der Waals surface area contributed by atoms with Gasteiger partial charge in [0.25, 0.3) is 0 Å². The molecule has 0 spiro atoms. The van der Waals surface area contributed by atoms with Gasteiger partial charge in [-0.15, -0.1) is 0 Å². The molecule has 2 N–H and O–H groups in total. The molecule has 21 heavy (non-hydrogen) atoms. The number of nitrogens with one attached hydrogen (secondary N) is 2. The number of unbranched alkanes of at least 4 members (excludes halogenated alkanes) is 1. The van der Waals surface area contributed by atoms with Crippen molar-refractivity contribution in [2.45, 2.75) is 78.7 Å². The lowest BCUT2D eigenvalue weighted by molar-refractivity contribution is 0.562. The number of aromatic nitrogens is 2. The van der Waals surface area contributed by atoms with Gasteiger partial charge in [-0.25, -0.2) is 9.97 Å². The Morgan fingerprint density at radius 2 is 1.71 bits per heavy atom. The first-order chi connectivity index (χ1) is 10.1. The molecule has 120 valence electrons. The number of nitrogens with zero attached hydrogens (tertiary/aromatic N) is 2. The minimum atomic E-state index is 0.337. The second kappa shape index (κ2) is 9.59. The lowest BCUT2D eigenvalue weighted by Crippen LogP contribution is -2.21. The Balaban J connectivity index is 2.87. The predicted octanol–water partition coefficient (Wildman–Crippen LogP) is 4.80. The standard InChI is InChI=1S/C17H32N4/c1-6-9-11-14(10-7-2)19-16-12-15(18-8-3)20-17(21-16)13(4)5/h12-14H,6-11H2,1-5H3,(H2,18,19,20,21). The molecule has 0 saturated carbocycles. The fourth-order valence-corrected chi connectivity index (χ4v) is 2.37. The minimum Gasteiger partial charge on any atom is -0.370 e. The van der Waals surface area contributed by atoms with Gasteiger partial charge in [0.05, 0.1) is 0 Å². The number of rotatable bonds is 10. The Morgan fingerprint density at radius 1 is 1.00 bits per heavy atom. The molecule has 1 atom stereocenters. The molecular formula is C17H32N4. The van der Waals surface area contributed by atoms with Crippen LogP contribution in [0.1, 0.15) is 78.5 Å². The van der Waals surface area contributed by atoms with Crippen molar-refractivity contribution in [2.24, 2.45) is 0 Å². The molecule has 0 aromatic carbocycles. The maximum atomic E-state index is 4.68. The van der Waals surface area contributed by atoms with E-state index in [1.54, 1.807) is 0 Å². The van der Waals surface area contributed by atoms with Crippen molar-refractivity contribution in [1.29, 1.82) is 0 Å². The summed E-state index contributed by atoms with van der Waals surface area (Å²) < 4.78 is 0. The summed E-state index contributed by atoms with van der Waals surface area (Å²) in [6, 6.07) is 2.55. The van der Waals surface area contributed by atoms with E-state index in [0.29, 0.717) is 12.0 Å². The molecule has 1 aromatic rings. The van der Waals surface area contributed by atoms with Gasteiger partial charge in [-0.1, -0.05) is 47.0 Å². The van der Waals surface area contributed by atoms with E-state index >= 15 is 0 Å². The van der Waals surface area contributed by atoms with E-state index < -0.39 is 0 Å². The number of hydrogen-bond acceptors (Lipinski definition) is 4. The van der Waals surface area contributed by atoms with E-state index in [2.05, 4.69) is 55.2 Å². The smallest absolute Gasteiger partial charge is 0.135 e. The van der Waals surface area contributed by atoms with Crippen molar-refractivity contribution in [2.75, 3.05) is 17.2 Å². The average molecular weight is 292 g/mol. The second-order valence-corrected chi connectivity index (χ2v) is 5.95. The van der Waals surface area contributed by atoms with Crippen LogP contribution in [0.3, 0.4) is 0 Å². The van der Waals surface area contributed by atoms with Crippen LogP contribution in [0.15, 0.2) is 6.07 Å². The summed E-state index contributed by atoms with van der Waals surface area (Å²) >= 11 is 0. The first-order valence-corrected chi connectivity index (χ1v) is 8.50. The van der Waals surface area contributed by atoms with Gasteiger partial charge in [0.1, 0.15) is 17.5 Å². The van der Waals surface area contributed by atoms with Gasteiger partial charge in [-0.2, -0.15) is 0 Å². The maximum Gasteiger partial charge on any atom is 0.135 e. The predicted molar refractivity (Wildman–Crippen MR) is 92.1 cm³/mol. The van der Waals surface area contributed by atoms with Crippen molar-refractivity contribution in [3.05, 3.63) is 11.9 Å². The Bertz CT molecular complexity index is 404. The van der Waals surface area contributed by atoms with Crippen LogP contribution in [0.4, 0.5) is 11.6 Å².